The van der Waals surface area contributed by atoms with Gasteiger partial charge >= 0.3 is 0 Å². The number of hydrogen-bond acceptors (Lipinski definition) is 7. The smallest absolute Gasteiger partial charge is 0.230 e. The number of aromatic nitrogens is 4. The maximum atomic E-state index is 6.39. The van der Waals surface area contributed by atoms with Crippen molar-refractivity contribution in [3.63, 3.8) is 0 Å². The second-order valence-corrected chi connectivity index (χ2v) is 7.55. The minimum absolute atomic E-state index is 0.0379. The number of halogens is 1. The number of nitrogens with one attached hydrogen (secondary N) is 2. The standard InChI is InChI=1S/C17H21ClN6O2/c1-9-14-16(24(23-9)11-3-2-4-11)22-17-20-6-12(18)15(21-17)19-5-10-7-25-8-13(10)26-14/h6,10-11,13H,2-5,7-8H2,1H3,(H2,19,20,21,22)/t10?,13-/m1/s1. The number of rotatable bonds is 1. The largest absolute Gasteiger partial charge is 0.482 e. The van der Waals surface area contributed by atoms with Crippen LogP contribution < -0.4 is 15.4 Å². The molecule has 2 aliphatic heterocycles. The third-order valence-electron chi connectivity index (χ3n) is 5.37. The van der Waals surface area contributed by atoms with Crippen LogP contribution in [0, 0.1) is 12.8 Å². The highest BCUT2D eigenvalue weighted by atomic mass is 35.5. The molecule has 2 N–H and O–H groups in total. The Morgan fingerprint density at radius 1 is 1.31 bits per heavy atom. The first kappa shape index (κ1) is 16.1. The second kappa shape index (κ2) is 6.28. The molecule has 1 aliphatic carbocycles. The summed E-state index contributed by atoms with van der Waals surface area (Å²) in [5.74, 6) is 2.88. The van der Waals surface area contributed by atoms with E-state index in [0.717, 1.165) is 30.1 Å². The summed E-state index contributed by atoms with van der Waals surface area (Å²) < 4.78 is 14.1. The fourth-order valence-corrected chi connectivity index (χ4v) is 3.78. The molecule has 2 aromatic rings. The summed E-state index contributed by atoms with van der Waals surface area (Å²) in [4.78, 5) is 8.86. The van der Waals surface area contributed by atoms with Crippen molar-refractivity contribution < 1.29 is 9.47 Å². The van der Waals surface area contributed by atoms with Crippen LogP contribution in [0.4, 0.5) is 17.6 Å². The van der Waals surface area contributed by atoms with Crippen LogP contribution in [-0.2, 0) is 4.74 Å². The van der Waals surface area contributed by atoms with Crippen LogP contribution in [0.25, 0.3) is 0 Å². The molecule has 4 heterocycles. The van der Waals surface area contributed by atoms with Gasteiger partial charge in [0.05, 0.1) is 25.5 Å². The maximum absolute atomic E-state index is 6.39. The topological polar surface area (TPSA) is 86.1 Å². The molecular formula is C17H21ClN6O2. The molecule has 0 radical (unpaired) electrons. The lowest BCUT2D eigenvalue weighted by atomic mass is 9.93. The van der Waals surface area contributed by atoms with E-state index in [9.17, 15) is 0 Å². The zero-order chi connectivity index (χ0) is 17.7. The Morgan fingerprint density at radius 3 is 3.00 bits per heavy atom. The van der Waals surface area contributed by atoms with E-state index < -0.39 is 0 Å². The first-order valence-corrected chi connectivity index (χ1v) is 9.44. The van der Waals surface area contributed by atoms with Crippen LogP contribution in [0.5, 0.6) is 5.75 Å². The van der Waals surface area contributed by atoms with E-state index in [1.807, 2.05) is 11.6 Å². The molecule has 0 aromatic carbocycles. The highest BCUT2D eigenvalue weighted by Gasteiger charge is 2.34. The van der Waals surface area contributed by atoms with Crippen molar-refractivity contribution >= 4 is 29.2 Å². The number of nitrogens with zero attached hydrogens (tertiary/aromatic N) is 4. The van der Waals surface area contributed by atoms with Crippen LogP contribution >= 0.6 is 11.6 Å². The molecule has 0 amide bonds. The predicted octanol–water partition coefficient (Wildman–Crippen LogP) is 2.92. The molecule has 2 atom stereocenters. The van der Waals surface area contributed by atoms with Gasteiger partial charge in [0.25, 0.3) is 0 Å². The van der Waals surface area contributed by atoms with Gasteiger partial charge in [-0.3, -0.25) is 0 Å². The Bertz CT molecular complexity index is 837. The average molecular weight is 377 g/mol. The molecule has 138 valence electrons. The van der Waals surface area contributed by atoms with Crippen molar-refractivity contribution in [2.24, 2.45) is 5.92 Å². The number of anilines is 3. The quantitative estimate of drug-likeness (QED) is 0.791. The molecule has 3 aliphatic rings. The first-order valence-electron chi connectivity index (χ1n) is 9.06. The lowest BCUT2D eigenvalue weighted by molar-refractivity contribution is 0.137. The number of hydrogen-bond donors (Lipinski definition) is 2. The predicted molar refractivity (Wildman–Crippen MR) is 97.4 cm³/mol. The maximum Gasteiger partial charge on any atom is 0.230 e. The minimum atomic E-state index is -0.0379. The molecule has 9 heteroatoms. The zero-order valence-electron chi connectivity index (χ0n) is 14.5. The molecule has 2 bridgehead atoms. The van der Waals surface area contributed by atoms with E-state index in [0.29, 0.717) is 42.6 Å². The van der Waals surface area contributed by atoms with E-state index in [2.05, 4.69) is 20.6 Å². The number of aryl methyl sites for hydroxylation is 1. The highest BCUT2D eigenvalue weighted by Crippen LogP contribution is 2.41. The van der Waals surface area contributed by atoms with Gasteiger partial charge in [-0.2, -0.15) is 10.1 Å². The summed E-state index contributed by atoms with van der Waals surface area (Å²) in [7, 11) is 0. The van der Waals surface area contributed by atoms with Gasteiger partial charge in [-0.15, -0.1) is 0 Å². The molecule has 26 heavy (non-hydrogen) atoms. The SMILES string of the molecule is Cc1nn(C2CCC2)c2c1O[C@@H]1COCC1CNc1nc(ncc1Cl)N2. The molecule has 8 nitrogen and oxygen atoms in total. The van der Waals surface area contributed by atoms with E-state index in [-0.39, 0.29) is 12.0 Å². The fourth-order valence-electron chi connectivity index (χ4n) is 3.62. The molecular weight excluding hydrogens is 356 g/mol. The van der Waals surface area contributed by atoms with Crippen LogP contribution in [0.15, 0.2) is 6.20 Å². The summed E-state index contributed by atoms with van der Waals surface area (Å²) in [6.07, 6.45) is 5.04. The van der Waals surface area contributed by atoms with Gasteiger partial charge in [0, 0.05) is 12.5 Å². The van der Waals surface area contributed by atoms with Crippen LogP contribution in [0.2, 0.25) is 5.02 Å². The molecule has 2 aromatic heterocycles. The van der Waals surface area contributed by atoms with E-state index in [1.54, 1.807) is 6.20 Å². The summed E-state index contributed by atoms with van der Waals surface area (Å²) >= 11 is 6.26. The third-order valence-corrected chi connectivity index (χ3v) is 5.64. The van der Waals surface area contributed by atoms with E-state index in [4.69, 9.17) is 26.2 Å². The van der Waals surface area contributed by atoms with Gasteiger partial charge in [0.2, 0.25) is 5.95 Å². The van der Waals surface area contributed by atoms with Crippen molar-refractivity contribution in [2.45, 2.75) is 38.3 Å². The molecule has 2 fully saturated rings. The van der Waals surface area contributed by atoms with Crippen LogP contribution in [0.1, 0.15) is 31.0 Å². The van der Waals surface area contributed by atoms with E-state index in [1.165, 1.54) is 6.42 Å². The van der Waals surface area contributed by atoms with Gasteiger partial charge in [0.1, 0.15) is 16.8 Å². The van der Waals surface area contributed by atoms with Crippen molar-refractivity contribution in [3.05, 3.63) is 16.9 Å². The molecule has 0 spiro atoms. The lowest BCUT2D eigenvalue weighted by Crippen LogP contribution is -2.31. The first-order chi connectivity index (χ1) is 12.7. The summed E-state index contributed by atoms with van der Waals surface area (Å²) in [6.45, 7) is 3.86. The Hall–Kier alpha value is -2.06. The number of ether oxygens (including phenoxy) is 2. The normalized spacial score (nSPS) is 25.0. The third kappa shape index (κ3) is 2.68. The Balaban J connectivity index is 1.61. The van der Waals surface area contributed by atoms with Crippen molar-refractivity contribution in [3.8, 4) is 5.75 Å². The highest BCUT2D eigenvalue weighted by molar-refractivity contribution is 6.32. The summed E-state index contributed by atoms with van der Waals surface area (Å²) in [5, 5.41) is 11.9. The Morgan fingerprint density at radius 2 is 2.19 bits per heavy atom. The molecule has 1 unspecified atom stereocenters. The van der Waals surface area contributed by atoms with Crippen molar-refractivity contribution in [1.82, 2.24) is 19.7 Å². The van der Waals surface area contributed by atoms with Crippen LogP contribution in [0.3, 0.4) is 0 Å². The lowest BCUT2D eigenvalue weighted by Gasteiger charge is -2.27. The second-order valence-electron chi connectivity index (χ2n) is 7.14. The molecule has 1 saturated carbocycles. The zero-order valence-corrected chi connectivity index (χ0v) is 15.3. The van der Waals surface area contributed by atoms with Gasteiger partial charge in [-0.1, -0.05) is 11.6 Å². The summed E-state index contributed by atoms with van der Waals surface area (Å²) in [6, 6.07) is 0.388. The fraction of sp³-hybridized carbons (Fsp3) is 0.588. The van der Waals surface area contributed by atoms with Crippen LogP contribution in [-0.4, -0.2) is 45.6 Å². The number of fused-ring (bicyclic) bond motifs is 4. The summed E-state index contributed by atoms with van der Waals surface area (Å²) in [5.41, 5.74) is 0.867. The molecule has 1 saturated heterocycles. The Kier molecular flexibility index (Phi) is 3.90. The Labute approximate surface area is 156 Å². The molecule has 5 rings (SSSR count). The van der Waals surface area contributed by atoms with Crippen molar-refractivity contribution in [1.29, 1.82) is 0 Å². The van der Waals surface area contributed by atoms with Gasteiger partial charge in [0.15, 0.2) is 17.4 Å². The average Bonchev–Trinajstić information content (AvgIpc) is 3.13. The van der Waals surface area contributed by atoms with E-state index >= 15 is 0 Å². The minimum Gasteiger partial charge on any atom is -0.482 e. The van der Waals surface area contributed by atoms with Gasteiger partial charge < -0.3 is 20.1 Å². The van der Waals surface area contributed by atoms with Gasteiger partial charge in [-0.25, -0.2) is 9.67 Å². The van der Waals surface area contributed by atoms with Crippen molar-refractivity contribution in [2.75, 3.05) is 30.4 Å². The van der Waals surface area contributed by atoms with Gasteiger partial charge in [-0.05, 0) is 26.2 Å². The monoisotopic (exact) mass is 376 g/mol.